The van der Waals surface area contributed by atoms with Crippen LogP contribution in [0.15, 0.2) is 0 Å². The molecule has 0 aromatic carbocycles. The van der Waals surface area contributed by atoms with Gasteiger partial charge in [-0.3, -0.25) is 0 Å². The highest BCUT2D eigenvalue weighted by molar-refractivity contribution is 4.95. The summed E-state index contributed by atoms with van der Waals surface area (Å²) in [6.07, 6.45) is 6.49. The van der Waals surface area contributed by atoms with Gasteiger partial charge in [0.15, 0.2) is 0 Å². The van der Waals surface area contributed by atoms with E-state index in [2.05, 4.69) is 5.92 Å². The second kappa shape index (κ2) is 5.18. The summed E-state index contributed by atoms with van der Waals surface area (Å²) in [6.45, 7) is 3.99. The third-order valence-corrected chi connectivity index (χ3v) is 2.52. The van der Waals surface area contributed by atoms with Gasteiger partial charge in [0.05, 0.1) is 11.7 Å². The molecule has 0 bridgehead atoms. The van der Waals surface area contributed by atoms with Crippen molar-refractivity contribution in [2.24, 2.45) is 0 Å². The van der Waals surface area contributed by atoms with Crippen LogP contribution in [-0.4, -0.2) is 23.9 Å². The van der Waals surface area contributed by atoms with E-state index in [4.69, 9.17) is 11.2 Å². The van der Waals surface area contributed by atoms with E-state index in [0.29, 0.717) is 6.42 Å². The minimum Gasteiger partial charge on any atom is -0.389 e. The van der Waals surface area contributed by atoms with Crippen LogP contribution in [0.5, 0.6) is 0 Å². The Morgan fingerprint density at radius 2 is 2.00 bits per heavy atom. The van der Waals surface area contributed by atoms with Gasteiger partial charge in [0.25, 0.3) is 0 Å². The van der Waals surface area contributed by atoms with Crippen LogP contribution in [0.4, 0.5) is 0 Å². The molecule has 0 saturated carbocycles. The van der Waals surface area contributed by atoms with Gasteiger partial charge in [0, 0.05) is 13.5 Å². The van der Waals surface area contributed by atoms with Crippen molar-refractivity contribution in [2.75, 3.05) is 7.11 Å². The van der Waals surface area contributed by atoms with Crippen LogP contribution in [-0.2, 0) is 4.74 Å². The lowest BCUT2D eigenvalue weighted by molar-refractivity contribution is -0.105. The van der Waals surface area contributed by atoms with Crippen molar-refractivity contribution in [3.05, 3.63) is 0 Å². The van der Waals surface area contributed by atoms with Crippen LogP contribution < -0.4 is 0 Å². The second-order valence-electron chi connectivity index (χ2n) is 2.90. The van der Waals surface area contributed by atoms with E-state index in [1.54, 1.807) is 7.11 Å². The third kappa shape index (κ3) is 2.23. The molecule has 0 fully saturated rings. The molecule has 0 aromatic rings. The molecule has 0 saturated heterocycles. The molecule has 1 atom stereocenters. The highest BCUT2D eigenvalue weighted by Crippen LogP contribution is 2.25. The van der Waals surface area contributed by atoms with E-state index in [1.807, 2.05) is 13.8 Å². The van der Waals surface area contributed by atoms with Crippen LogP contribution in [0.2, 0.25) is 0 Å². The topological polar surface area (TPSA) is 29.5 Å². The number of terminal acetylenes is 1. The first kappa shape index (κ1) is 11.5. The van der Waals surface area contributed by atoms with Gasteiger partial charge in [-0.15, -0.1) is 12.3 Å². The molecular formula is C10H18O2. The number of hydrogen-bond donors (Lipinski definition) is 1. The predicted octanol–water partition coefficient (Wildman–Crippen LogP) is 1.58. The summed E-state index contributed by atoms with van der Waals surface area (Å²) in [5, 5.41) is 9.69. The fourth-order valence-electron chi connectivity index (χ4n) is 1.44. The summed E-state index contributed by atoms with van der Waals surface area (Å²) in [7, 11) is 1.62. The molecule has 0 amide bonds. The van der Waals surface area contributed by atoms with E-state index in [1.165, 1.54) is 0 Å². The first-order valence-electron chi connectivity index (χ1n) is 4.33. The fraction of sp³-hybridized carbons (Fsp3) is 0.800. The van der Waals surface area contributed by atoms with Crippen molar-refractivity contribution in [1.82, 2.24) is 0 Å². The molecule has 0 aromatic heterocycles. The maximum atomic E-state index is 9.69. The zero-order chi connectivity index (χ0) is 9.61. The van der Waals surface area contributed by atoms with Gasteiger partial charge in [0.2, 0.25) is 0 Å². The van der Waals surface area contributed by atoms with Crippen molar-refractivity contribution in [1.29, 1.82) is 0 Å². The molecule has 0 spiro atoms. The molecule has 2 nitrogen and oxygen atoms in total. The standard InChI is InChI=1S/C10H18O2/c1-5-8-9(11)10(6-2,7-3)12-4/h1,9,11H,6-8H2,2-4H3. The average molecular weight is 170 g/mol. The van der Waals surface area contributed by atoms with E-state index in [9.17, 15) is 5.11 Å². The SMILES string of the molecule is C#CCC(O)C(CC)(CC)OC. The largest absolute Gasteiger partial charge is 0.389 e. The Balaban J connectivity index is 4.37. The number of rotatable bonds is 5. The Hall–Kier alpha value is -0.520. The van der Waals surface area contributed by atoms with Crippen LogP contribution in [0, 0.1) is 12.3 Å². The summed E-state index contributed by atoms with van der Waals surface area (Å²) < 4.78 is 5.31. The Kier molecular flexibility index (Phi) is 4.96. The Bertz CT molecular complexity index is 145. The van der Waals surface area contributed by atoms with Crippen molar-refractivity contribution < 1.29 is 9.84 Å². The lowest BCUT2D eigenvalue weighted by Crippen LogP contribution is -2.42. The lowest BCUT2D eigenvalue weighted by Gasteiger charge is -2.34. The van der Waals surface area contributed by atoms with E-state index in [0.717, 1.165) is 12.8 Å². The number of aliphatic hydroxyl groups excluding tert-OH is 1. The fourth-order valence-corrected chi connectivity index (χ4v) is 1.44. The zero-order valence-electron chi connectivity index (χ0n) is 8.13. The number of aliphatic hydroxyl groups is 1. The number of ether oxygens (including phenoxy) is 1. The van der Waals surface area contributed by atoms with Crippen molar-refractivity contribution in [3.8, 4) is 12.3 Å². The average Bonchev–Trinajstić information content (AvgIpc) is 2.09. The lowest BCUT2D eigenvalue weighted by atomic mass is 9.89. The molecule has 1 unspecified atom stereocenters. The van der Waals surface area contributed by atoms with E-state index >= 15 is 0 Å². The van der Waals surface area contributed by atoms with Gasteiger partial charge >= 0.3 is 0 Å². The highest BCUT2D eigenvalue weighted by atomic mass is 16.5. The monoisotopic (exact) mass is 170 g/mol. The normalized spacial score (nSPS) is 13.9. The molecule has 0 aliphatic heterocycles. The molecular weight excluding hydrogens is 152 g/mol. The van der Waals surface area contributed by atoms with Crippen LogP contribution >= 0.6 is 0 Å². The van der Waals surface area contributed by atoms with Gasteiger partial charge in [-0.1, -0.05) is 13.8 Å². The maximum Gasteiger partial charge on any atom is 0.0940 e. The molecule has 0 aliphatic rings. The van der Waals surface area contributed by atoms with Gasteiger partial charge in [-0.2, -0.15) is 0 Å². The van der Waals surface area contributed by atoms with Crippen molar-refractivity contribution in [2.45, 2.75) is 44.8 Å². The summed E-state index contributed by atoms with van der Waals surface area (Å²) in [5.74, 6) is 2.45. The predicted molar refractivity (Wildman–Crippen MR) is 49.8 cm³/mol. The smallest absolute Gasteiger partial charge is 0.0940 e. The second-order valence-corrected chi connectivity index (χ2v) is 2.90. The Morgan fingerprint density at radius 3 is 2.25 bits per heavy atom. The highest BCUT2D eigenvalue weighted by Gasteiger charge is 2.33. The molecule has 0 heterocycles. The van der Waals surface area contributed by atoms with Gasteiger partial charge < -0.3 is 9.84 Å². The number of hydrogen-bond acceptors (Lipinski definition) is 2. The Morgan fingerprint density at radius 1 is 1.50 bits per heavy atom. The van der Waals surface area contributed by atoms with E-state index in [-0.39, 0.29) is 0 Å². The van der Waals surface area contributed by atoms with Gasteiger partial charge in [0.1, 0.15) is 0 Å². The zero-order valence-corrected chi connectivity index (χ0v) is 8.13. The summed E-state index contributed by atoms with van der Waals surface area (Å²) in [5.41, 5.74) is -0.452. The molecule has 70 valence electrons. The van der Waals surface area contributed by atoms with Crippen molar-refractivity contribution >= 4 is 0 Å². The number of methoxy groups -OCH3 is 1. The summed E-state index contributed by atoms with van der Waals surface area (Å²) >= 11 is 0. The first-order valence-corrected chi connectivity index (χ1v) is 4.33. The van der Waals surface area contributed by atoms with Crippen LogP contribution in [0.1, 0.15) is 33.1 Å². The molecule has 0 radical (unpaired) electrons. The molecule has 2 heteroatoms. The maximum absolute atomic E-state index is 9.69. The van der Waals surface area contributed by atoms with E-state index < -0.39 is 11.7 Å². The summed E-state index contributed by atoms with van der Waals surface area (Å²) in [6, 6.07) is 0. The molecule has 1 N–H and O–H groups in total. The van der Waals surface area contributed by atoms with Crippen LogP contribution in [0.3, 0.4) is 0 Å². The molecule has 0 rings (SSSR count). The van der Waals surface area contributed by atoms with Gasteiger partial charge in [-0.05, 0) is 12.8 Å². The molecule has 0 aliphatic carbocycles. The van der Waals surface area contributed by atoms with Crippen molar-refractivity contribution in [3.63, 3.8) is 0 Å². The van der Waals surface area contributed by atoms with Crippen LogP contribution in [0.25, 0.3) is 0 Å². The quantitative estimate of drug-likeness (QED) is 0.635. The third-order valence-electron chi connectivity index (χ3n) is 2.52. The minimum atomic E-state index is -0.553. The molecule has 12 heavy (non-hydrogen) atoms. The first-order chi connectivity index (χ1) is 5.66. The summed E-state index contributed by atoms with van der Waals surface area (Å²) in [4.78, 5) is 0. The minimum absolute atomic E-state index is 0.357. The van der Waals surface area contributed by atoms with Gasteiger partial charge in [-0.25, -0.2) is 0 Å². The Labute approximate surface area is 74.9 Å².